The van der Waals surface area contributed by atoms with Gasteiger partial charge in [0.1, 0.15) is 5.69 Å². The first-order valence-electron chi connectivity index (χ1n) is 9.22. The highest BCUT2D eigenvalue weighted by molar-refractivity contribution is 5.79. The lowest BCUT2D eigenvalue weighted by Crippen LogP contribution is -2.45. The maximum atomic E-state index is 5.42. The van der Waals surface area contributed by atoms with Crippen LogP contribution in [-0.4, -0.2) is 48.2 Å². The molecule has 6 heteroatoms. The van der Waals surface area contributed by atoms with Crippen molar-refractivity contribution in [2.24, 2.45) is 4.99 Å². The van der Waals surface area contributed by atoms with Crippen molar-refractivity contribution < 1.29 is 4.52 Å². The van der Waals surface area contributed by atoms with Gasteiger partial charge in [0.15, 0.2) is 11.7 Å². The van der Waals surface area contributed by atoms with E-state index >= 15 is 0 Å². The highest BCUT2D eigenvalue weighted by Gasteiger charge is 2.13. The van der Waals surface area contributed by atoms with Crippen LogP contribution in [-0.2, 0) is 6.54 Å². The number of guanidine groups is 1. The molecule has 1 aromatic carbocycles. The van der Waals surface area contributed by atoms with Crippen LogP contribution in [0, 0.1) is 0 Å². The molecule has 0 saturated carbocycles. The minimum absolute atomic E-state index is 0.526. The SMILES string of the molecule is CN=C(NCCN(C(C)C)C(C)C)NCc1cc(-c2ccccc2)on1. The van der Waals surface area contributed by atoms with Gasteiger partial charge in [-0.25, -0.2) is 0 Å². The molecule has 6 nitrogen and oxygen atoms in total. The normalized spacial score (nSPS) is 12.2. The lowest BCUT2D eigenvalue weighted by atomic mass is 10.2. The van der Waals surface area contributed by atoms with Gasteiger partial charge < -0.3 is 15.2 Å². The molecule has 26 heavy (non-hydrogen) atoms. The van der Waals surface area contributed by atoms with Crippen molar-refractivity contribution in [3.63, 3.8) is 0 Å². The van der Waals surface area contributed by atoms with Gasteiger partial charge >= 0.3 is 0 Å². The van der Waals surface area contributed by atoms with E-state index in [1.807, 2.05) is 36.4 Å². The molecule has 0 saturated heterocycles. The summed E-state index contributed by atoms with van der Waals surface area (Å²) in [4.78, 5) is 6.72. The zero-order valence-corrected chi connectivity index (χ0v) is 16.5. The second-order valence-electron chi connectivity index (χ2n) is 6.83. The summed E-state index contributed by atoms with van der Waals surface area (Å²) in [6, 6.07) is 13.0. The van der Waals surface area contributed by atoms with Crippen LogP contribution in [0.1, 0.15) is 33.4 Å². The van der Waals surface area contributed by atoms with Crippen molar-refractivity contribution in [1.29, 1.82) is 0 Å². The van der Waals surface area contributed by atoms with Crippen LogP contribution >= 0.6 is 0 Å². The van der Waals surface area contributed by atoms with Gasteiger partial charge in [-0.3, -0.25) is 9.89 Å². The van der Waals surface area contributed by atoms with E-state index in [-0.39, 0.29) is 0 Å². The Morgan fingerprint density at radius 1 is 1.12 bits per heavy atom. The van der Waals surface area contributed by atoms with E-state index in [0.29, 0.717) is 18.6 Å². The first-order valence-corrected chi connectivity index (χ1v) is 9.22. The summed E-state index contributed by atoms with van der Waals surface area (Å²) in [5.74, 6) is 1.54. The third-order valence-corrected chi connectivity index (χ3v) is 4.27. The lowest BCUT2D eigenvalue weighted by Gasteiger charge is -2.30. The molecule has 0 bridgehead atoms. The number of nitrogens with zero attached hydrogens (tertiary/aromatic N) is 3. The third-order valence-electron chi connectivity index (χ3n) is 4.27. The van der Waals surface area contributed by atoms with Crippen LogP contribution in [0.3, 0.4) is 0 Å². The summed E-state index contributed by atoms with van der Waals surface area (Å²) in [5.41, 5.74) is 1.87. The van der Waals surface area contributed by atoms with E-state index in [9.17, 15) is 0 Å². The number of aromatic nitrogens is 1. The van der Waals surface area contributed by atoms with Crippen LogP contribution < -0.4 is 10.6 Å². The smallest absolute Gasteiger partial charge is 0.191 e. The molecule has 0 aliphatic carbocycles. The van der Waals surface area contributed by atoms with Crippen molar-refractivity contribution in [3.8, 4) is 11.3 Å². The van der Waals surface area contributed by atoms with E-state index in [1.54, 1.807) is 7.05 Å². The quantitative estimate of drug-likeness (QED) is 0.561. The number of hydrogen-bond donors (Lipinski definition) is 2. The van der Waals surface area contributed by atoms with E-state index in [4.69, 9.17) is 4.52 Å². The fourth-order valence-electron chi connectivity index (χ4n) is 2.94. The molecule has 0 unspecified atom stereocenters. The minimum atomic E-state index is 0.526. The Morgan fingerprint density at radius 2 is 1.81 bits per heavy atom. The van der Waals surface area contributed by atoms with E-state index in [1.165, 1.54) is 0 Å². The first kappa shape index (κ1) is 20.0. The predicted octanol–water partition coefficient (Wildman–Crippen LogP) is 3.13. The minimum Gasteiger partial charge on any atom is -0.356 e. The van der Waals surface area contributed by atoms with Crippen molar-refractivity contribution in [3.05, 3.63) is 42.1 Å². The fraction of sp³-hybridized carbons (Fsp3) is 0.500. The van der Waals surface area contributed by atoms with Gasteiger partial charge in [-0.15, -0.1) is 0 Å². The average Bonchev–Trinajstić information content (AvgIpc) is 3.10. The number of hydrogen-bond acceptors (Lipinski definition) is 4. The second kappa shape index (κ2) is 9.97. The number of benzene rings is 1. The Hall–Kier alpha value is -2.34. The Balaban J connectivity index is 1.81. The summed E-state index contributed by atoms with van der Waals surface area (Å²) in [6.45, 7) is 11.3. The monoisotopic (exact) mass is 357 g/mol. The molecule has 1 aromatic heterocycles. The molecular weight excluding hydrogens is 326 g/mol. The molecule has 2 N–H and O–H groups in total. The number of nitrogens with one attached hydrogen (secondary N) is 2. The maximum absolute atomic E-state index is 5.42. The van der Waals surface area contributed by atoms with Crippen LogP contribution in [0.15, 0.2) is 45.9 Å². The van der Waals surface area contributed by atoms with Crippen molar-refractivity contribution >= 4 is 5.96 Å². The van der Waals surface area contributed by atoms with Gasteiger partial charge in [0.25, 0.3) is 0 Å². The first-order chi connectivity index (χ1) is 12.5. The van der Waals surface area contributed by atoms with Crippen molar-refractivity contribution in [2.45, 2.75) is 46.3 Å². The third kappa shape index (κ3) is 5.88. The Kier molecular flexibility index (Phi) is 7.66. The number of rotatable bonds is 8. The molecule has 0 radical (unpaired) electrons. The molecule has 0 spiro atoms. The molecule has 2 rings (SSSR count). The standard InChI is InChI=1S/C20H31N5O/c1-15(2)25(16(3)4)12-11-22-20(21-5)23-14-18-13-19(26-24-18)17-9-7-6-8-10-17/h6-10,13,15-16H,11-12,14H2,1-5H3,(H2,21,22,23). The van der Waals surface area contributed by atoms with Crippen molar-refractivity contribution in [1.82, 2.24) is 20.7 Å². The zero-order valence-electron chi connectivity index (χ0n) is 16.5. The van der Waals surface area contributed by atoms with Crippen LogP contribution in [0.2, 0.25) is 0 Å². The molecule has 1 heterocycles. The molecule has 0 amide bonds. The van der Waals surface area contributed by atoms with Gasteiger partial charge in [-0.1, -0.05) is 35.5 Å². The zero-order chi connectivity index (χ0) is 18.9. The average molecular weight is 358 g/mol. The fourth-order valence-corrected chi connectivity index (χ4v) is 2.94. The van der Waals surface area contributed by atoms with Crippen molar-refractivity contribution in [2.75, 3.05) is 20.1 Å². The Labute approximate surface area is 156 Å². The van der Waals surface area contributed by atoms with Crippen LogP contribution in [0.5, 0.6) is 0 Å². The predicted molar refractivity (Wildman–Crippen MR) is 107 cm³/mol. The maximum Gasteiger partial charge on any atom is 0.191 e. The van der Waals surface area contributed by atoms with Gasteiger partial charge in [0, 0.05) is 43.9 Å². The van der Waals surface area contributed by atoms with E-state index in [0.717, 1.165) is 36.1 Å². The summed E-state index contributed by atoms with van der Waals surface area (Å²) in [6.07, 6.45) is 0. The Bertz CT molecular complexity index is 671. The van der Waals surface area contributed by atoms with Crippen LogP contribution in [0.4, 0.5) is 0 Å². The molecule has 0 aliphatic heterocycles. The summed E-state index contributed by atoms with van der Waals surface area (Å²) in [5, 5.41) is 10.8. The highest BCUT2D eigenvalue weighted by Crippen LogP contribution is 2.19. The highest BCUT2D eigenvalue weighted by atomic mass is 16.5. The van der Waals surface area contributed by atoms with E-state index in [2.05, 4.69) is 53.4 Å². The largest absolute Gasteiger partial charge is 0.356 e. The molecule has 0 aliphatic rings. The van der Waals surface area contributed by atoms with Crippen LogP contribution in [0.25, 0.3) is 11.3 Å². The Morgan fingerprint density at radius 3 is 2.42 bits per heavy atom. The van der Waals surface area contributed by atoms with Gasteiger partial charge in [0.2, 0.25) is 0 Å². The second-order valence-corrected chi connectivity index (χ2v) is 6.83. The summed E-state index contributed by atoms with van der Waals surface area (Å²) < 4.78 is 5.42. The van der Waals surface area contributed by atoms with Gasteiger partial charge in [-0.05, 0) is 27.7 Å². The summed E-state index contributed by atoms with van der Waals surface area (Å²) >= 11 is 0. The van der Waals surface area contributed by atoms with Gasteiger partial charge in [0.05, 0.1) is 6.54 Å². The molecule has 0 atom stereocenters. The molecule has 2 aromatic rings. The van der Waals surface area contributed by atoms with Gasteiger partial charge in [-0.2, -0.15) is 0 Å². The summed E-state index contributed by atoms with van der Waals surface area (Å²) in [7, 11) is 1.77. The molecule has 142 valence electrons. The molecular formula is C20H31N5O. The van der Waals surface area contributed by atoms with E-state index < -0.39 is 0 Å². The lowest BCUT2D eigenvalue weighted by molar-refractivity contribution is 0.178. The number of aliphatic imine (C=N–C) groups is 1. The molecule has 0 fully saturated rings. The topological polar surface area (TPSA) is 65.7 Å².